The SMILES string of the molecule is O=C(O)c1cc(O)cc(C(=O)O)c1.O=C(O)c1cc(O)cc(C(=O)OCCO)c1.O=C(OCCO)c1cc(O)cc(C(=O)OCCO)c1.[2HH]. The van der Waals surface area contributed by atoms with E-state index in [-0.39, 0.29) is 91.7 Å². The number of benzene rings is 3. The van der Waals surface area contributed by atoms with E-state index in [0.29, 0.717) is 0 Å². The molecule has 260 valence electrons. The zero-order valence-electron chi connectivity index (χ0n) is 24.6. The van der Waals surface area contributed by atoms with Gasteiger partial charge in [0.05, 0.1) is 53.2 Å². The van der Waals surface area contributed by atoms with Crippen molar-refractivity contribution in [3.8, 4) is 17.2 Å². The second-order valence-electron chi connectivity index (χ2n) is 8.80. The Labute approximate surface area is 271 Å². The van der Waals surface area contributed by atoms with Gasteiger partial charge in [0, 0.05) is 1.43 Å². The molecule has 3 rings (SSSR count). The van der Waals surface area contributed by atoms with Gasteiger partial charge in [0.2, 0.25) is 0 Å². The van der Waals surface area contributed by atoms with Crippen LogP contribution in [0.1, 0.15) is 63.6 Å². The molecule has 0 radical (unpaired) electrons. The average Bonchev–Trinajstić information content (AvgIpc) is 3.04. The van der Waals surface area contributed by atoms with Crippen molar-refractivity contribution >= 4 is 35.8 Å². The van der Waals surface area contributed by atoms with Crippen LogP contribution in [-0.2, 0) is 14.2 Å². The first kappa shape index (κ1) is 39.8. The van der Waals surface area contributed by atoms with Crippen molar-refractivity contribution < 1.29 is 90.4 Å². The summed E-state index contributed by atoms with van der Waals surface area (Å²) in [4.78, 5) is 65.8. The number of aliphatic hydroxyl groups is 3. The number of hydrogen-bond acceptors (Lipinski definition) is 15. The molecular formula is C30H32O18. The molecule has 0 fully saturated rings. The zero-order valence-corrected chi connectivity index (χ0v) is 24.6. The van der Waals surface area contributed by atoms with Crippen LogP contribution >= 0.6 is 0 Å². The number of ether oxygens (including phenoxy) is 3. The predicted octanol–water partition coefficient (Wildman–Crippen LogP) is 0.964. The van der Waals surface area contributed by atoms with Gasteiger partial charge in [0.15, 0.2) is 0 Å². The van der Waals surface area contributed by atoms with E-state index in [9.17, 15) is 39.0 Å². The van der Waals surface area contributed by atoms with Crippen LogP contribution in [0.25, 0.3) is 0 Å². The standard InChI is InChI=1S/C12H14O7.C10H10O6.C8H6O5.H2/c13-1-3-18-11(16)8-5-9(7-10(15)6-8)12(17)19-4-2-14;11-1-2-16-10(15)7-3-6(9(13)14)4-8(12)5-7;9-6-2-4(7(10)11)1-5(3-6)8(12)13;/h5-7,13-15H,1-4H2;3-5,11-12H,1-2H2,(H,13,14);1-3,9H,(H,10,11)(H,12,13);1H/i;;;1+1. The predicted molar refractivity (Wildman–Crippen MR) is 159 cm³/mol. The lowest BCUT2D eigenvalue weighted by Gasteiger charge is -2.07. The molecule has 48 heavy (non-hydrogen) atoms. The fourth-order valence-electron chi connectivity index (χ4n) is 3.22. The number of carboxylic acids is 3. The molecule has 3 aromatic rings. The van der Waals surface area contributed by atoms with Gasteiger partial charge in [0.25, 0.3) is 0 Å². The average molecular weight is 682 g/mol. The van der Waals surface area contributed by atoms with Gasteiger partial charge in [-0.1, -0.05) is 0 Å². The summed E-state index contributed by atoms with van der Waals surface area (Å²) in [5.41, 5.74) is -0.870. The van der Waals surface area contributed by atoms with Crippen molar-refractivity contribution in [1.82, 2.24) is 0 Å². The van der Waals surface area contributed by atoms with Gasteiger partial charge in [-0.2, -0.15) is 0 Å². The Morgan fingerprint density at radius 2 is 0.625 bits per heavy atom. The molecule has 0 aliphatic rings. The molecule has 0 aromatic heterocycles. The Kier molecular flexibility index (Phi) is 16.6. The molecule has 0 amide bonds. The molecule has 0 saturated carbocycles. The van der Waals surface area contributed by atoms with Crippen molar-refractivity contribution in [2.75, 3.05) is 39.6 Å². The highest BCUT2D eigenvalue weighted by atomic mass is 16.5. The smallest absolute Gasteiger partial charge is 0.338 e. The number of hydrogen-bond donors (Lipinski definition) is 9. The minimum absolute atomic E-state index is 0. The highest BCUT2D eigenvalue weighted by Gasteiger charge is 2.15. The van der Waals surface area contributed by atoms with Gasteiger partial charge >= 0.3 is 35.8 Å². The monoisotopic (exact) mass is 681 g/mol. The number of esters is 3. The molecule has 3 aromatic carbocycles. The minimum Gasteiger partial charge on any atom is -0.508 e. The van der Waals surface area contributed by atoms with Gasteiger partial charge < -0.3 is 60.2 Å². The van der Waals surface area contributed by atoms with Gasteiger partial charge in [-0.25, -0.2) is 28.8 Å². The molecule has 18 heteroatoms. The van der Waals surface area contributed by atoms with E-state index >= 15 is 0 Å². The quantitative estimate of drug-likeness (QED) is 0.0949. The van der Waals surface area contributed by atoms with E-state index in [1.165, 1.54) is 6.07 Å². The molecule has 0 aliphatic carbocycles. The molecule has 18 nitrogen and oxygen atoms in total. The third-order valence-electron chi connectivity index (χ3n) is 5.17. The maximum absolute atomic E-state index is 11.5. The number of carbonyl (C=O) groups is 6. The molecule has 0 aliphatic heterocycles. The first-order chi connectivity index (χ1) is 22.6. The maximum Gasteiger partial charge on any atom is 0.338 e. The number of rotatable bonds is 12. The second-order valence-corrected chi connectivity index (χ2v) is 8.80. The van der Waals surface area contributed by atoms with Gasteiger partial charge in [-0.15, -0.1) is 0 Å². The van der Waals surface area contributed by atoms with E-state index in [1.54, 1.807) is 0 Å². The zero-order chi connectivity index (χ0) is 36.4. The fraction of sp³-hybridized carbons (Fsp3) is 0.200. The Bertz CT molecular complexity index is 1550. The van der Waals surface area contributed by atoms with Crippen LogP contribution in [0.4, 0.5) is 0 Å². The van der Waals surface area contributed by atoms with Crippen molar-refractivity contribution in [3.05, 3.63) is 88.0 Å². The second kappa shape index (κ2) is 20.0. The van der Waals surface area contributed by atoms with Crippen molar-refractivity contribution in [3.63, 3.8) is 0 Å². The largest absolute Gasteiger partial charge is 0.508 e. The molecule has 0 spiro atoms. The third-order valence-corrected chi connectivity index (χ3v) is 5.17. The lowest BCUT2D eigenvalue weighted by atomic mass is 10.1. The summed E-state index contributed by atoms with van der Waals surface area (Å²) in [6, 6.07) is 9.58. The summed E-state index contributed by atoms with van der Waals surface area (Å²) in [7, 11) is 0. The van der Waals surface area contributed by atoms with Crippen molar-refractivity contribution in [1.29, 1.82) is 0 Å². The molecular weight excluding hydrogens is 648 g/mol. The van der Waals surface area contributed by atoms with Crippen LogP contribution in [-0.4, -0.2) is 121 Å². The van der Waals surface area contributed by atoms with Gasteiger partial charge in [0.1, 0.15) is 37.1 Å². The minimum atomic E-state index is -1.28. The number of carbonyl (C=O) groups excluding carboxylic acids is 3. The first-order valence-electron chi connectivity index (χ1n) is 13.2. The Balaban J connectivity index is 0.000000710. The molecule has 0 bridgehead atoms. The van der Waals surface area contributed by atoms with E-state index in [2.05, 4.69) is 14.2 Å². The molecule has 0 heterocycles. The van der Waals surface area contributed by atoms with Crippen LogP contribution in [0.2, 0.25) is 0 Å². The molecule has 0 atom stereocenters. The maximum atomic E-state index is 11.5. The highest BCUT2D eigenvalue weighted by Crippen LogP contribution is 2.19. The number of phenolic OH excluding ortho intramolecular Hbond substituents is 3. The van der Waals surface area contributed by atoms with E-state index < -0.39 is 35.8 Å². The van der Waals surface area contributed by atoms with E-state index in [1.807, 2.05) is 0 Å². The summed E-state index contributed by atoms with van der Waals surface area (Å²) in [6.07, 6.45) is 0. The summed E-state index contributed by atoms with van der Waals surface area (Å²) in [5.74, 6) is -7.18. The Hall–Kier alpha value is -6.24. The van der Waals surface area contributed by atoms with Crippen LogP contribution in [0.5, 0.6) is 17.2 Å². The van der Waals surface area contributed by atoms with Crippen LogP contribution in [0.15, 0.2) is 54.6 Å². The van der Waals surface area contributed by atoms with Gasteiger partial charge in [-0.05, 0) is 54.6 Å². The van der Waals surface area contributed by atoms with Crippen LogP contribution < -0.4 is 0 Å². The number of aromatic hydroxyl groups is 3. The number of aliphatic hydroxyl groups excluding tert-OH is 3. The normalized spacial score (nSPS) is 9.81. The summed E-state index contributed by atoms with van der Waals surface area (Å²) >= 11 is 0. The number of carboxylic acid groups (broad SMARTS) is 3. The first-order valence-corrected chi connectivity index (χ1v) is 13.2. The fourth-order valence-corrected chi connectivity index (χ4v) is 3.22. The van der Waals surface area contributed by atoms with E-state index in [4.69, 9.17) is 35.7 Å². The van der Waals surface area contributed by atoms with Crippen LogP contribution in [0.3, 0.4) is 0 Å². The summed E-state index contributed by atoms with van der Waals surface area (Å²) in [5, 5.41) is 78.8. The topological polar surface area (TPSA) is 312 Å². The Morgan fingerprint density at radius 3 is 0.854 bits per heavy atom. The highest BCUT2D eigenvalue weighted by molar-refractivity contribution is 5.97. The lowest BCUT2D eigenvalue weighted by molar-refractivity contribution is 0.0421. The lowest BCUT2D eigenvalue weighted by Crippen LogP contribution is -2.12. The Morgan fingerprint density at radius 1 is 0.417 bits per heavy atom. The van der Waals surface area contributed by atoms with Gasteiger partial charge in [-0.3, -0.25) is 0 Å². The number of phenols is 3. The van der Waals surface area contributed by atoms with Crippen LogP contribution in [0, 0.1) is 0 Å². The van der Waals surface area contributed by atoms with Crippen molar-refractivity contribution in [2.24, 2.45) is 0 Å². The molecule has 0 saturated heterocycles. The molecule has 0 unspecified atom stereocenters. The summed E-state index contributed by atoms with van der Waals surface area (Å²) in [6.45, 7) is -1.52. The third kappa shape index (κ3) is 13.8. The summed E-state index contributed by atoms with van der Waals surface area (Å²) < 4.78 is 13.9. The number of aromatic carboxylic acids is 3. The van der Waals surface area contributed by atoms with Crippen molar-refractivity contribution in [2.45, 2.75) is 0 Å². The molecule has 9 N–H and O–H groups in total. The van der Waals surface area contributed by atoms with E-state index in [0.717, 1.165) is 48.5 Å².